The van der Waals surface area contributed by atoms with Crippen LogP contribution in [0.5, 0.6) is 0 Å². The smallest absolute Gasteiger partial charge is 0.270 e. The number of hydrogen-bond donors (Lipinski definition) is 1. The molecule has 1 amide bonds. The minimum atomic E-state index is -3.64. The summed E-state index contributed by atoms with van der Waals surface area (Å²) in [4.78, 5) is 11.3. The molecule has 0 aliphatic heterocycles. The lowest BCUT2D eigenvalue weighted by atomic mass is 10.4. The minimum absolute atomic E-state index is 0.0968. The van der Waals surface area contributed by atoms with Gasteiger partial charge in [-0.3, -0.25) is 4.79 Å². The highest BCUT2D eigenvalue weighted by Crippen LogP contribution is 2.24. The molecular weight excluding hydrogens is 246 g/mol. The number of carbonyl (C=O) groups is 1. The summed E-state index contributed by atoms with van der Waals surface area (Å²) in [7, 11) is 1.49. The van der Waals surface area contributed by atoms with Gasteiger partial charge in [0.05, 0.1) is 6.54 Å². The van der Waals surface area contributed by atoms with Crippen LogP contribution in [-0.4, -0.2) is 14.3 Å². The molecule has 1 aromatic heterocycles. The number of nitrogens with one attached hydrogen (secondary N) is 1. The van der Waals surface area contributed by atoms with Gasteiger partial charge in [-0.1, -0.05) is 0 Å². The van der Waals surface area contributed by atoms with Crippen molar-refractivity contribution in [3.8, 4) is 0 Å². The summed E-state index contributed by atoms with van der Waals surface area (Å²) in [6.07, 6.45) is 0. The Morgan fingerprint density at radius 1 is 1.57 bits per heavy atom. The predicted molar refractivity (Wildman–Crippen MR) is 54.9 cm³/mol. The summed E-state index contributed by atoms with van der Waals surface area (Å²) in [5.41, 5.74) is 0. The van der Waals surface area contributed by atoms with E-state index in [9.17, 15) is 13.2 Å². The van der Waals surface area contributed by atoms with E-state index in [0.717, 1.165) is 16.2 Å². The van der Waals surface area contributed by atoms with Gasteiger partial charge in [0.1, 0.15) is 4.21 Å². The summed E-state index contributed by atoms with van der Waals surface area (Å²) >= 11 is 1.05. The van der Waals surface area contributed by atoms with Crippen molar-refractivity contribution in [1.82, 2.24) is 5.32 Å². The maximum absolute atomic E-state index is 10.9. The zero-order valence-corrected chi connectivity index (χ0v) is 9.67. The monoisotopic (exact) mass is 253 g/mol. The second-order valence-electron chi connectivity index (χ2n) is 2.57. The van der Waals surface area contributed by atoms with Crippen molar-refractivity contribution >= 4 is 37.0 Å². The van der Waals surface area contributed by atoms with Crippen LogP contribution in [0, 0.1) is 0 Å². The molecular formula is C7H8ClNO3S2. The summed E-state index contributed by atoms with van der Waals surface area (Å²) in [6, 6.07) is 3.04. The molecule has 0 aliphatic carbocycles. The van der Waals surface area contributed by atoms with E-state index in [0.29, 0.717) is 6.54 Å². The van der Waals surface area contributed by atoms with Crippen LogP contribution in [-0.2, 0) is 20.4 Å². The summed E-state index contributed by atoms with van der Waals surface area (Å²) in [6.45, 7) is 1.72. The standard InChI is InChI=1S/C7H8ClNO3S2/c1-5(10)9-4-6-2-3-7(13-6)14(8,11)12/h2-3H,4H2,1H3,(H,9,10). The van der Waals surface area contributed by atoms with E-state index in [-0.39, 0.29) is 10.1 Å². The van der Waals surface area contributed by atoms with Crippen molar-refractivity contribution in [2.24, 2.45) is 0 Å². The van der Waals surface area contributed by atoms with Gasteiger partial charge in [-0.25, -0.2) is 8.42 Å². The van der Waals surface area contributed by atoms with Gasteiger partial charge in [0.15, 0.2) is 0 Å². The molecule has 0 saturated carbocycles. The van der Waals surface area contributed by atoms with E-state index in [1.807, 2.05) is 0 Å². The fourth-order valence-corrected chi connectivity index (χ4v) is 2.86. The van der Waals surface area contributed by atoms with Crippen molar-refractivity contribution in [2.75, 3.05) is 0 Å². The molecule has 0 aliphatic rings. The van der Waals surface area contributed by atoms with Crippen molar-refractivity contribution in [3.05, 3.63) is 17.0 Å². The molecule has 0 saturated heterocycles. The summed E-state index contributed by atoms with van der Waals surface area (Å²) in [5.74, 6) is -0.159. The molecule has 0 fully saturated rings. The molecule has 1 heterocycles. The van der Waals surface area contributed by atoms with Crippen LogP contribution >= 0.6 is 22.0 Å². The number of hydrogen-bond acceptors (Lipinski definition) is 4. The summed E-state index contributed by atoms with van der Waals surface area (Å²) in [5, 5.41) is 2.56. The van der Waals surface area contributed by atoms with E-state index in [1.54, 1.807) is 6.07 Å². The van der Waals surface area contributed by atoms with Crippen LogP contribution in [0.1, 0.15) is 11.8 Å². The highest BCUT2D eigenvalue weighted by atomic mass is 35.7. The number of amides is 1. The fraction of sp³-hybridized carbons (Fsp3) is 0.286. The molecule has 1 N–H and O–H groups in total. The number of halogens is 1. The van der Waals surface area contributed by atoms with E-state index in [4.69, 9.17) is 10.7 Å². The average Bonchev–Trinajstić information content (AvgIpc) is 2.47. The van der Waals surface area contributed by atoms with Crippen LogP contribution in [0.4, 0.5) is 0 Å². The van der Waals surface area contributed by atoms with Crippen LogP contribution < -0.4 is 5.32 Å². The average molecular weight is 254 g/mol. The lowest BCUT2D eigenvalue weighted by Crippen LogP contribution is -2.17. The molecule has 0 atom stereocenters. The lowest BCUT2D eigenvalue weighted by molar-refractivity contribution is -0.119. The SMILES string of the molecule is CC(=O)NCc1ccc(S(=O)(=O)Cl)s1. The Hall–Kier alpha value is -0.590. The molecule has 4 nitrogen and oxygen atoms in total. The van der Waals surface area contributed by atoms with Crippen molar-refractivity contribution in [3.63, 3.8) is 0 Å². The third kappa shape index (κ3) is 3.28. The molecule has 1 aromatic rings. The van der Waals surface area contributed by atoms with Crippen LogP contribution in [0.2, 0.25) is 0 Å². The van der Waals surface area contributed by atoms with Gasteiger partial charge in [-0.2, -0.15) is 0 Å². The Morgan fingerprint density at radius 3 is 2.64 bits per heavy atom. The van der Waals surface area contributed by atoms with Gasteiger partial charge < -0.3 is 5.32 Å². The van der Waals surface area contributed by atoms with E-state index >= 15 is 0 Å². The first kappa shape index (κ1) is 11.5. The van der Waals surface area contributed by atoms with E-state index in [1.165, 1.54) is 13.0 Å². The first-order valence-electron chi connectivity index (χ1n) is 3.67. The van der Waals surface area contributed by atoms with E-state index < -0.39 is 9.05 Å². The molecule has 1 rings (SSSR count). The molecule has 78 valence electrons. The van der Waals surface area contributed by atoms with Crippen LogP contribution in [0.15, 0.2) is 16.3 Å². The Balaban J connectivity index is 2.74. The first-order chi connectivity index (χ1) is 6.39. The van der Waals surface area contributed by atoms with Crippen molar-refractivity contribution < 1.29 is 13.2 Å². The second kappa shape index (κ2) is 4.29. The number of carbonyl (C=O) groups excluding carboxylic acids is 1. The molecule has 0 unspecified atom stereocenters. The third-order valence-corrected chi connectivity index (χ3v) is 4.57. The highest BCUT2D eigenvalue weighted by Gasteiger charge is 2.12. The van der Waals surface area contributed by atoms with Crippen molar-refractivity contribution in [1.29, 1.82) is 0 Å². The predicted octanol–water partition coefficient (Wildman–Crippen LogP) is 1.31. The molecule has 0 spiro atoms. The van der Waals surface area contributed by atoms with E-state index in [2.05, 4.69) is 5.32 Å². The molecule has 0 aromatic carbocycles. The topological polar surface area (TPSA) is 63.2 Å². The zero-order valence-electron chi connectivity index (χ0n) is 7.28. The molecule has 0 bridgehead atoms. The highest BCUT2D eigenvalue weighted by molar-refractivity contribution is 8.15. The molecule has 7 heteroatoms. The maximum atomic E-state index is 10.9. The number of rotatable bonds is 3. The Kier molecular flexibility index (Phi) is 3.52. The number of thiophene rings is 1. The van der Waals surface area contributed by atoms with Gasteiger partial charge >= 0.3 is 0 Å². The van der Waals surface area contributed by atoms with Crippen molar-refractivity contribution in [2.45, 2.75) is 17.7 Å². The largest absolute Gasteiger partial charge is 0.351 e. The first-order valence-corrected chi connectivity index (χ1v) is 6.80. The fourth-order valence-electron chi connectivity index (χ4n) is 0.796. The Bertz CT molecular complexity index is 438. The zero-order chi connectivity index (χ0) is 10.8. The summed E-state index contributed by atoms with van der Waals surface area (Å²) < 4.78 is 21.8. The van der Waals surface area contributed by atoms with Gasteiger partial charge in [-0.05, 0) is 12.1 Å². The van der Waals surface area contributed by atoms with Crippen LogP contribution in [0.25, 0.3) is 0 Å². The van der Waals surface area contributed by atoms with Gasteiger partial charge in [0.25, 0.3) is 9.05 Å². The van der Waals surface area contributed by atoms with Gasteiger partial charge in [0, 0.05) is 22.5 Å². The van der Waals surface area contributed by atoms with Gasteiger partial charge in [0.2, 0.25) is 5.91 Å². The van der Waals surface area contributed by atoms with Gasteiger partial charge in [-0.15, -0.1) is 11.3 Å². The normalized spacial score (nSPS) is 11.3. The third-order valence-electron chi connectivity index (χ3n) is 1.39. The lowest BCUT2D eigenvalue weighted by Gasteiger charge is -1.96. The Labute approximate surface area is 90.3 Å². The molecule has 0 radical (unpaired) electrons. The second-order valence-corrected chi connectivity index (χ2v) is 6.53. The quantitative estimate of drug-likeness (QED) is 0.827. The maximum Gasteiger partial charge on any atom is 0.270 e. The minimum Gasteiger partial charge on any atom is -0.351 e. The van der Waals surface area contributed by atoms with Crippen LogP contribution in [0.3, 0.4) is 0 Å². The Morgan fingerprint density at radius 2 is 2.21 bits per heavy atom. The molecule has 14 heavy (non-hydrogen) atoms.